The molecule has 2 N–H and O–H groups in total. The molecule has 1 heterocycles. The van der Waals surface area contributed by atoms with Crippen molar-refractivity contribution in [2.75, 3.05) is 30.8 Å². The van der Waals surface area contributed by atoms with Crippen LogP contribution in [0.5, 0.6) is 0 Å². The molecule has 19 heavy (non-hydrogen) atoms. The van der Waals surface area contributed by atoms with Gasteiger partial charge in [0.1, 0.15) is 5.69 Å². The molecule has 0 amide bonds. The highest BCUT2D eigenvalue weighted by atomic mass is 16.6. The average Bonchev–Trinajstić information content (AvgIpc) is 2.34. The van der Waals surface area contributed by atoms with Crippen molar-refractivity contribution in [3.8, 4) is 0 Å². The second kappa shape index (κ2) is 5.05. The third kappa shape index (κ3) is 2.63. The Morgan fingerprint density at radius 3 is 2.37 bits per heavy atom. The number of hydrogen-bond acceptors (Lipinski definition) is 5. The van der Waals surface area contributed by atoms with Gasteiger partial charge in [0.2, 0.25) is 0 Å². The maximum absolute atomic E-state index is 10.8. The molecule has 1 aliphatic rings. The molecule has 6 nitrogen and oxygen atoms in total. The Labute approximate surface area is 112 Å². The van der Waals surface area contributed by atoms with Gasteiger partial charge >= 0.3 is 0 Å². The Kier molecular flexibility index (Phi) is 3.61. The smallest absolute Gasteiger partial charge is 0.292 e. The highest BCUT2D eigenvalue weighted by molar-refractivity contribution is 5.66. The fourth-order valence-electron chi connectivity index (χ4n) is 2.52. The molecule has 1 aromatic rings. The Morgan fingerprint density at radius 2 is 1.89 bits per heavy atom. The second-order valence-corrected chi connectivity index (χ2v) is 5.27. The summed E-state index contributed by atoms with van der Waals surface area (Å²) in [6.07, 6.45) is 0. The van der Waals surface area contributed by atoms with Gasteiger partial charge in [-0.15, -0.1) is 0 Å². The van der Waals surface area contributed by atoms with Crippen molar-refractivity contribution in [1.29, 1.82) is 0 Å². The molecule has 0 unspecified atom stereocenters. The summed E-state index contributed by atoms with van der Waals surface area (Å²) in [5.74, 6) is 0. The molecule has 0 aromatic heterocycles. The predicted molar refractivity (Wildman–Crippen MR) is 76.4 cm³/mol. The van der Waals surface area contributed by atoms with E-state index in [2.05, 4.69) is 30.7 Å². The van der Waals surface area contributed by atoms with Crippen LogP contribution in [0.1, 0.15) is 13.8 Å². The zero-order valence-corrected chi connectivity index (χ0v) is 11.5. The van der Waals surface area contributed by atoms with Crippen molar-refractivity contribution in [1.82, 2.24) is 4.90 Å². The maximum Gasteiger partial charge on any atom is 0.292 e. The highest BCUT2D eigenvalue weighted by Gasteiger charge is 2.27. The molecule has 1 aliphatic heterocycles. The topological polar surface area (TPSA) is 75.6 Å². The minimum absolute atomic E-state index is 0.0287. The third-order valence-electron chi connectivity index (χ3n) is 3.93. The minimum Gasteiger partial charge on any atom is -0.393 e. The van der Waals surface area contributed by atoms with E-state index < -0.39 is 4.92 Å². The van der Waals surface area contributed by atoms with Crippen molar-refractivity contribution in [3.63, 3.8) is 0 Å². The molecule has 0 saturated carbocycles. The molecule has 1 aromatic carbocycles. The first kappa shape index (κ1) is 13.6. The van der Waals surface area contributed by atoms with Gasteiger partial charge in [0, 0.05) is 36.9 Å². The number of piperazine rings is 1. The summed E-state index contributed by atoms with van der Waals surface area (Å²) in [4.78, 5) is 14.9. The number of nitro groups is 1. The SMILES string of the molecule is C[C@@H]1CN(c2ccc([N+](=O)[O-])c(N)c2)C[C@H](C)N1C. The van der Waals surface area contributed by atoms with Crippen LogP contribution in [0.2, 0.25) is 0 Å². The van der Waals surface area contributed by atoms with E-state index in [-0.39, 0.29) is 11.4 Å². The van der Waals surface area contributed by atoms with E-state index in [0.29, 0.717) is 12.1 Å². The number of benzene rings is 1. The van der Waals surface area contributed by atoms with Crippen LogP contribution >= 0.6 is 0 Å². The largest absolute Gasteiger partial charge is 0.393 e. The van der Waals surface area contributed by atoms with Crippen LogP contribution in [-0.2, 0) is 0 Å². The predicted octanol–water partition coefficient (Wildman–Crippen LogP) is 1.71. The summed E-state index contributed by atoms with van der Waals surface area (Å²) in [5.41, 5.74) is 6.90. The Hall–Kier alpha value is -1.82. The number of rotatable bonds is 2. The first-order chi connectivity index (χ1) is 8.90. The lowest BCUT2D eigenvalue weighted by molar-refractivity contribution is -0.383. The fraction of sp³-hybridized carbons (Fsp3) is 0.538. The van der Waals surface area contributed by atoms with Gasteiger partial charge in [0.15, 0.2) is 0 Å². The van der Waals surface area contributed by atoms with E-state index in [9.17, 15) is 10.1 Å². The number of hydrogen-bond donors (Lipinski definition) is 1. The summed E-state index contributed by atoms with van der Waals surface area (Å²) >= 11 is 0. The normalized spacial score (nSPS) is 24.5. The van der Waals surface area contributed by atoms with E-state index >= 15 is 0 Å². The number of nitro benzene ring substituents is 1. The molecule has 0 spiro atoms. The molecule has 0 bridgehead atoms. The van der Waals surface area contributed by atoms with Gasteiger partial charge in [0.25, 0.3) is 5.69 Å². The van der Waals surface area contributed by atoms with Crippen molar-refractivity contribution in [2.45, 2.75) is 25.9 Å². The van der Waals surface area contributed by atoms with Crippen molar-refractivity contribution < 1.29 is 4.92 Å². The lowest BCUT2D eigenvalue weighted by Crippen LogP contribution is -2.55. The van der Waals surface area contributed by atoms with E-state index in [0.717, 1.165) is 18.8 Å². The standard InChI is InChI=1S/C13H20N4O2/c1-9-7-16(8-10(2)15(9)3)11-4-5-13(17(18)19)12(14)6-11/h4-6,9-10H,7-8,14H2,1-3H3/t9-,10+. The quantitative estimate of drug-likeness (QED) is 0.500. The summed E-state index contributed by atoms with van der Waals surface area (Å²) in [7, 11) is 2.12. The molecule has 2 rings (SSSR count). The van der Waals surface area contributed by atoms with E-state index in [1.807, 2.05) is 0 Å². The molecule has 0 radical (unpaired) electrons. The lowest BCUT2D eigenvalue weighted by atomic mass is 10.1. The number of nitrogens with zero attached hydrogens (tertiary/aromatic N) is 3. The van der Waals surface area contributed by atoms with Crippen LogP contribution in [0.4, 0.5) is 17.1 Å². The van der Waals surface area contributed by atoms with Crippen molar-refractivity contribution in [2.24, 2.45) is 0 Å². The number of nitrogens with two attached hydrogens (primary N) is 1. The average molecular weight is 264 g/mol. The van der Waals surface area contributed by atoms with Crippen molar-refractivity contribution >= 4 is 17.1 Å². The van der Waals surface area contributed by atoms with Gasteiger partial charge in [-0.1, -0.05) is 0 Å². The van der Waals surface area contributed by atoms with E-state index in [1.165, 1.54) is 6.07 Å². The second-order valence-electron chi connectivity index (χ2n) is 5.27. The first-order valence-electron chi connectivity index (χ1n) is 6.41. The van der Waals surface area contributed by atoms with E-state index in [4.69, 9.17) is 5.73 Å². The number of nitrogen functional groups attached to an aromatic ring is 1. The summed E-state index contributed by atoms with van der Waals surface area (Å²) < 4.78 is 0. The third-order valence-corrected chi connectivity index (χ3v) is 3.93. The Morgan fingerprint density at radius 1 is 1.32 bits per heavy atom. The van der Waals surface area contributed by atoms with Gasteiger partial charge < -0.3 is 10.6 Å². The highest BCUT2D eigenvalue weighted by Crippen LogP contribution is 2.28. The molecule has 6 heteroatoms. The minimum atomic E-state index is -0.450. The Balaban J connectivity index is 2.23. The first-order valence-corrected chi connectivity index (χ1v) is 6.41. The maximum atomic E-state index is 10.8. The van der Waals surface area contributed by atoms with Crippen LogP contribution in [0.25, 0.3) is 0 Å². The van der Waals surface area contributed by atoms with Crippen LogP contribution in [0.15, 0.2) is 18.2 Å². The van der Waals surface area contributed by atoms with Gasteiger partial charge in [-0.25, -0.2) is 0 Å². The zero-order chi connectivity index (χ0) is 14.2. The van der Waals surface area contributed by atoms with Crippen LogP contribution in [-0.4, -0.2) is 42.0 Å². The van der Waals surface area contributed by atoms with Gasteiger partial charge in [-0.2, -0.15) is 0 Å². The number of likely N-dealkylation sites (N-methyl/N-ethyl adjacent to an activating group) is 1. The summed E-state index contributed by atoms with van der Waals surface area (Å²) in [6.45, 7) is 6.16. The van der Waals surface area contributed by atoms with Crippen LogP contribution in [0, 0.1) is 10.1 Å². The van der Waals surface area contributed by atoms with Crippen LogP contribution in [0.3, 0.4) is 0 Å². The number of anilines is 2. The molecular formula is C13H20N4O2. The molecule has 2 atom stereocenters. The molecule has 1 saturated heterocycles. The molecule has 1 fully saturated rings. The zero-order valence-electron chi connectivity index (χ0n) is 11.5. The Bertz CT molecular complexity index is 480. The summed E-state index contributed by atoms with van der Waals surface area (Å²) in [6, 6.07) is 5.85. The van der Waals surface area contributed by atoms with E-state index in [1.54, 1.807) is 12.1 Å². The lowest BCUT2D eigenvalue weighted by Gasteiger charge is -2.43. The van der Waals surface area contributed by atoms with Crippen LogP contribution < -0.4 is 10.6 Å². The molecule has 0 aliphatic carbocycles. The molecular weight excluding hydrogens is 244 g/mol. The van der Waals surface area contributed by atoms with Gasteiger partial charge in [0.05, 0.1) is 4.92 Å². The fourth-order valence-corrected chi connectivity index (χ4v) is 2.52. The van der Waals surface area contributed by atoms with Crippen molar-refractivity contribution in [3.05, 3.63) is 28.3 Å². The van der Waals surface area contributed by atoms with Gasteiger partial charge in [-0.3, -0.25) is 15.0 Å². The molecule has 104 valence electrons. The van der Waals surface area contributed by atoms with Gasteiger partial charge in [-0.05, 0) is 33.0 Å². The summed E-state index contributed by atoms with van der Waals surface area (Å²) in [5, 5.41) is 10.8. The monoisotopic (exact) mass is 264 g/mol.